The van der Waals surface area contributed by atoms with Gasteiger partial charge in [-0.2, -0.15) is 0 Å². The van der Waals surface area contributed by atoms with Crippen molar-refractivity contribution in [1.29, 1.82) is 0 Å². The molecule has 2 N–H and O–H groups in total. The number of phenolic OH excluding ortho intramolecular Hbond substituents is 2. The first-order valence-corrected chi connectivity index (χ1v) is 9.23. The van der Waals surface area contributed by atoms with Crippen LogP contribution < -0.4 is 4.74 Å². The molecule has 0 aromatic heterocycles. The Balaban J connectivity index is 0.000000342. The average molecular weight is 432 g/mol. The third-order valence-corrected chi connectivity index (χ3v) is 4.89. The van der Waals surface area contributed by atoms with Crippen LogP contribution in [-0.2, 0) is 15.1 Å². The van der Waals surface area contributed by atoms with Gasteiger partial charge < -0.3 is 19.7 Å². The van der Waals surface area contributed by atoms with E-state index in [1.807, 2.05) is 17.3 Å². The molecule has 0 saturated carbocycles. The number of carbonyl (C=O) groups is 1. The fraction of sp³-hybridized carbons (Fsp3) is 0.0455. The molecule has 152 valence electrons. The Kier molecular flexibility index (Phi) is 5.07. The predicted molar refractivity (Wildman–Crippen MR) is 111 cm³/mol. The van der Waals surface area contributed by atoms with E-state index in [4.69, 9.17) is 14.3 Å². The van der Waals surface area contributed by atoms with E-state index in [9.17, 15) is 15.0 Å². The van der Waals surface area contributed by atoms with Gasteiger partial charge in [-0.15, -0.1) is 0 Å². The number of esters is 1. The summed E-state index contributed by atoms with van der Waals surface area (Å²) in [5.74, 6) is 0.408. The quantitative estimate of drug-likeness (QED) is 0.196. The summed E-state index contributed by atoms with van der Waals surface area (Å²) >= 11 is 4.03. The number of isocyanates is 1. The van der Waals surface area contributed by atoms with Crippen LogP contribution in [0.1, 0.15) is 27.0 Å². The van der Waals surface area contributed by atoms with Gasteiger partial charge in [-0.3, -0.25) is 0 Å². The number of rotatable bonds is 1. The second kappa shape index (κ2) is 7.85. The van der Waals surface area contributed by atoms with Crippen LogP contribution in [0.4, 0.5) is 0 Å². The average Bonchev–Trinajstić information content (AvgIpc) is 3.05. The number of nitrogens with zero attached hydrogens (tertiary/aromatic N) is 2. The molecule has 3 aromatic carbocycles. The molecule has 1 spiro atoms. The molecule has 0 amide bonds. The third-order valence-electron chi connectivity index (χ3n) is 4.81. The maximum Gasteiger partial charge on any atom is 0.340 e. The highest BCUT2D eigenvalue weighted by Crippen LogP contribution is 2.56. The van der Waals surface area contributed by atoms with Gasteiger partial charge in [0.15, 0.2) is 5.60 Å². The first-order valence-electron chi connectivity index (χ1n) is 8.83. The van der Waals surface area contributed by atoms with E-state index in [2.05, 4.69) is 22.4 Å². The number of isothiocyanates is 1. The van der Waals surface area contributed by atoms with Gasteiger partial charge in [0.1, 0.15) is 23.0 Å². The van der Waals surface area contributed by atoms with Crippen molar-refractivity contribution < 1.29 is 29.3 Å². The standard InChI is InChI=1S/C20H12O5.C2N2OS/c21-11-5-7-15-17(9-11)24-18-10-12(22)6-8-16(18)20(15)14-4-2-1-3-13(14)19(23)25-20;5-1-3-4-2-6/h1-10,21-22H;. The maximum absolute atomic E-state index is 12.5. The number of ether oxygens (including phenoxy) is 2. The topological polar surface area (TPSA) is 118 Å². The lowest BCUT2D eigenvalue weighted by molar-refractivity contribution is 0.0224. The van der Waals surface area contributed by atoms with Gasteiger partial charge in [0.2, 0.25) is 0 Å². The lowest BCUT2D eigenvalue weighted by atomic mass is 9.77. The van der Waals surface area contributed by atoms with Crippen molar-refractivity contribution in [2.75, 3.05) is 0 Å². The van der Waals surface area contributed by atoms with Crippen molar-refractivity contribution in [3.05, 3.63) is 82.9 Å². The second-order valence-electron chi connectivity index (χ2n) is 6.46. The number of phenols is 2. The zero-order chi connectivity index (χ0) is 22.0. The molecule has 0 radical (unpaired) electrons. The van der Waals surface area contributed by atoms with Gasteiger partial charge >= 0.3 is 5.97 Å². The SMILES string of the molecule is O=C1OC2(c3ccc(O)cc3Oc3cc(O)ccc32)c2ccccc21.O=C=NN=C=S. The second-order valence-corrected chi connectivity index (χ2v) is 6.64. The van der Waals surface area contributed by atoms with Crippen LogP contribution >= 0.6 is 12.2 Å². The highest BCUT2D eigenvalue weighted by Gasteiger charge is 2.53. The number of benzene rings is 3. The zero-order valence-electron chi connectivity index (χ0n) is 15.6. The smallest absolute Gasteiger partial charge is 0.340 e. The molecule has 0 bridgehead atoms. The number of aromatic hydroxyl groups is 2. The number of hydrogen-bond donors (Lipinski definition) is 2. The maximum atomic E-state index is 12.5. The van der Waals surface area contributed by atoms with Gasteiger partial charge in [-0.25, -0.2) is 9.59 Å². The van der Waals surface area contributed by atoms with Crippen LogP contribution in [0.3, 0.4) is 0 Å². The van der Waals surface area contributed by atoms with Crippen LogP contribution in [-0.4, -0.2) is 27.4 Å². The largest absolute Gasteiger partial charge is 0.508 e. The van der Waals surface area contributed by atoms with Gasteiger partial charge in [0, 0.05) is 28.8 Å². The summed E-state index contributed by atoms with van der Waals surface area (Å²) in [7, 11) is 0. The van der Waals surface area contributed by atoms with E-state index in [0.717, 1.165) is 6.08 Å². The number of carbonyl (C=O) groups excluding carboxylic acids is 2. The monoisotopic (exact) mass is 432 g/mol. The molecule has 0 saturated heterocycles. The van der Waals surface area contributed by atoms with Crippen LogP contribution in [0, 0.1) is 0 Å². The molecular formula is C22H12N2O6S. The number of thiocarbonyl (C=S) groups is 1. The summed E-state index contributed by atoms with van der Waals surface area (Å²) in [5.41, 5.74) is 1.28. The normalized spacial score (nSPS) is 13.6. The van der Waals surface area contributed by atoms with Gasteiger partial charge in [0.25, 0.3) is 6.08 Å². The highest BCUT2D eigenvalue weighted by atomic mass is 32.1. The predicted octanol–water partition coefficient (Wildman–Crippen LogP) is 4.01. The summed E-state index contributed by atoms with van der Waals surface area (Å²) in [4.78, 5) is 21.6. The lowest BCUT2D eigenvalue weighted by Crippen LogP contribution is -2.32. The van der Waals surface area contributed by atoms with Crippen LogP contribution in [0.2, 0.25) is 0 Å². The fourth-order valence-electron chi connectivity index (χ4n) is 3.69. The molecule has 0 unspecified atom stereocenters. The summed E-state index contributed by atoms with van der Waals surface area (Å²) < 4.78 is 11.8. The van der Waals surface area contributed by atoms with Gasteiger partial charge in [-0.05, 0) is 42.5 Å². The molecule has 2 heterocycles. The molecule has 3 aromatic rings. The minimum atomic E-state index is -1.17. The summed E-state index contributed by atoms with van der Waals surface area (Å²) in [5, 5.41) is 27.1. The number of fused-ring (bicyclic) bond motifs is 6. The molecule has 0 atom stereocenters. The minimum absolute atomic E-state index is 0.0371. The number of hydrogen-bond acceptors (Lipinski definition) is 9. The molecule has 0 aliphatic carbocycles. The zero-order valence-corrected chi connectivity index (χ0v) is 16.4. The molecule has 2 aliphatic heterocycles. The Morgan fingerprint density at radius 2 is 1.48 bits per heavy atom. The highest BCUT2D eigenvalue weighted by molar-refractivity contribution is 7.78. The first-order chi connectivity index (χ1) is 15.0. The Morgan fingerprint density at radius 1 is 0.871 bits per heavy atom. The van der Waals surface area contributed by atoms with Crippen LogP contribution in [0.5, 0.6) is 23.0 Å². The van der Waals surface area contributed by atoms with Crippen LogP contribution in [0.15, 0.2) is 70.9 Å². The lowest BCUT2D eigenvalue weighted by Gasteiger charge is -2.36. The van der Waals surface area contributed by atoms with Crippen molar-refractivity contribution in [2.45, 2.75) is 5.60 Å². The molecule has 0 fully saturated rings. The van der Waals surface area contributed by atoms with Crippen molar-refractivity contribution >= 4 is 29.4 Å². The van der Waals surface area contributed by atoms with Gasteiger partial charge in [-0.1, -0.05) is 28.4 Å². The third kappa shape index (κ3) is 3.25. The Labute approximate surface area is 180 Å². The molecule has 9 heteroatoms. The van der Waals surface area contributed by atoms with E-state index in [0.29, 0.717) is 33.8 Å². The molecule has 5 rings (SSSR count). The van der Waals surface area contributed by atoms with Crippen molar-refractivity contribution in [3.8, 4) is 23.0 Å². The van der Waals surface area contributed by atoms with Gasteiger partial charge in [0.05, 0.1) is 10.7 Å². The molecular weight excluding hydrogens is 420 g/mol. The Bertz CT molecular complexity index is 1240. The molecule has 31 heavy (non-hydrogen) atoms. The summed E-state index contributed by atoms with van der Waals surface area (Å²) in [6.07, 6.45) is 1.15. The Morgan fingerprint density at radius 3 is 2.03 bits per heavy atom. The molecule has 2 aliphatic rings. The van der Waals surface area contributed by atoms with Crippen LogP contribution in [0.25, 0.3) is 0 Å². The van der Waals surface area contributed by atoms with E-state index in [-0.39, 0.29) is 11.5 Å². The first kappa shape index (κ1) is 20.0. The summed E-state index contributed by atoms with van der Waals surface area (Å²) in [6, 6.07) is 16.6. The fourth-order valence-corrected chi connectivity index (χ4v) is 3.74. The molecule has 8 nitrogen and oxygen atoms in total. The van der Waals surface area contributed by atoms with E-state index < -0.39 is 11.6 Å². The minimum Gasteiger partial charge on any atom is -0.508 e. The summed E-state index contributed by atoms with van der Waals surface area (Å²) in [6.45, 7) is 0. The Hall–Kier alpha value is -4.29. The van der Waals surface area contributed by atoms with E-state index in [1.165, 1.54) is 24.3 Å². The van der Waals surface area contributed by atoms with Crippen molar-refractivity contribution in [2.24, 2.45) is 10.2 Å². The van der Waals surface area contributed by atoms with E-state index in [1.54, 1.807) is 24.3 Å². The van der Waals surface area contributed by atoms with Crippen molar-refractivity contribution in [3.63, 3.8) is 0 Å². The van der Waals surface area contributed by atoms with E-state index >= 15 is 0 Å². The van der Waals surface area contributed by atoms with Crippen molar-refractivity contribution in [1.82, 2.24) is 0 Å².